The summed E-state index contributed by atoms with van der Waals surface area (Å²) in [6.07, 6.45) is 4.78. The molecule has 0 unspecified atom stereocenters. The smallest absolute Gasteiger partial charge is 0.226 e. The lowest BCUT2D eigenvalue weighted by atomic mass is 10.2. The van der Waals surface area contributed by atoms with E-state index in [4.69, 9.17) is 21.1 Å². The molecule has 0 aliphatic carbocycles. The molecule has 1 saturated heterocycles. The van der Waals surface area contributed by atoms with Crippen LogP contribution in [0, 0.1) is 0 Å². The number of hydrogen-bond acceptors (Lipinski definition) is 5. The van der Waals surface area contributed by atoms with Crippen molar-refractivity contribution in [1.82, 2.24) is 14.8 Å². The number of hydrogen-bond donors (Lipinski definition) is 0. The highest BCUT2D eigenvalue weighted by molar-refractivity contribution is 6.30. The fraction of sp³-hybridized carbons (Fsp3) is 0.455. The largest absolute Gasteiger partial charge is 0.493 e. The number of carbonyl (C=O) groups excluding carboxylic acids is 1. The molecule has 1 amide bonds. The summed E-state index contributed by atoms with van der Waals surface area (Å²) in [6, 6.07) is 11.1. The van der Waals surface area contributed by atoms with Gasteiger partial charge in [-0.05, 0) is 42.3 Å². The second-order valence-electron chi connectivity index (χ2n) is 7.03. The van der Waals surface area contributed by atoms with Crippen LogP contribution < -0.4 is 4.74 Å². The molecule has 0 saturated carbocycles. The van der Waals surface area contributed by atoms with Crippen molar-refractivity contribution in [2.24, 2.45) is 0 Å². The van der Waals surface area contributed by atoms with Gasteiger partial charge in [-0.1, -0.05) is 17.7 Å². The zero-order chi connectivity index (χ0) is 20.3. The van der Waals surface area contributed by atoms with E-state index < -0.39 is 0 Å². The molecule has 7 heteroatoms. The van der Waals surface area contributed by atoms with Crippen molar-refractivity contribution in [2.75, 3.05) is 46.0 Å². The molecule has 1 aliphatic heterocycles. The third kappa shape index (κ3) is 7.65. The van der Waals surface area contributed by atoms with Gasteiger partial charge in [0.2, 0.25) is 5.91 Å². The maximum absolute atomic E-state index is 12.9. The summed E-state index contributed by atoms with van der Waals surface area (Å²) in [5.74, 6) is 0.768. The van der Waals surface area contributed by atoms with Crippen LogP contribution in [-0.2, 0) is 16.1 Å². The molecule has 0 bridgehead atoms. The summed E-state index contributed by atoms with van der Waals surface area (Å²) in [4.78, 5) is 21.2. The van der Waals surface area contributed by atoms with Crippen LogP contribution in [0.25, 0.3) is 0 Å². The van der Waals surface area contributed by atoms with Gasteiger partial charge in [0, 0.05) is 50.1 Å². The molecule has 29 heavy (non-hydrogen) atoms. The number of carbonyl (C=O) groups is 1. The minimum absolute atomic E-state index is 0.0887. The summed E-state index contributed by atoms with van der Waals surface area (Å²) < 4.78 is 11.1. The number of ether oxygens (including phenoxy) is 2. The lowest BCUT2D eigenvalue weighted by Gasteiger charge is -2.28. The highest BCUT2D eigenvalue weighted by Gasteiger charge is 2.16. The van der Waals surface area contributed by atoms with Crippen LogP contribution in [0.1, 0.15) is 18.4 Å². The average molecular weight is 418 g/mol. The predicted molar refractivity (Wildman–Crippen MR) is 113 cm³/mol. The second kappa shape index (κ2) is 11.8. The SMILES string of the molecule is O=C(CCOc1cccc(Cl)c1)N(CCCN1CCOCC1)Cc1ccncc1. The van der Waals surface area contributed by atoms with E-state index in [-0.39, 0.29) is 5.91 Å². The molecule has 1 fully saturated rings. The Kier molecular flexibility index (Phi) is 8.74. The molecule has 2 heterocycles. The van der Waals surface area contributed by atoms with Crippen molar-refractivity contribution >= 4 is 17.5 Å². The third-order valence-electron chi connectivity index (χ3n) is 4.86. The fourth-order valence-corrected chi connectivity index (χ4v) is 3.46. The minimum Gasteiger partial charge on any atom is -0.493 e. The molecule has 1 aliphatic rings. The van der Waals surface area contributed by atoms with Gasteiger partial charge in [0.1, 0.15) is 5.75 Å². The van der Waals surface area contributed by atoms with Crippen molar-refractivity contribution < 1.29 is 14.3 Å². The molecule has 1 aromatic carbocycles. The number of amides is 1. The van der Waals surface area contributed by atoms with E-state index in [1.165, 1.54) is 0 Å². The summed E-state index contributed by atoms with van der Waals surface area (Å²) in [7, 11) is 0. The Bertz CT molecular complexity index is 754. The lowest BCUT2D eigenvalue weighted by Crippen LogP contribution is -2.39. The zero-order valence-corrected chi connectivity index (χ0v) is 17.4. The van der Waals surface area contributed by atoms with Gasteiger partial charge in [0.05, 0.1) is 26.2 Å². The third-order valence-corrected chi connectivity index (χ3v) is 5.10. The molecular weight excluding hydrogens is 390 g/mol. The van der Waals surface area contributed by atoms with Gasteiger partial charge in [0.25, 0.3) is 0 Å². The monoisotopic (exact) mass is 417 g/mol. The number of benzene rings is 1. The number of pyridine rings is 1. The van der Waals surface area contributed by atoms with Crippen molar-refractivity contribution in [3.63, 3.8) is 0 Å². The van der Waals surface area contributed by atoms with Crippen LogP contribution in [0.2, 0.25) is 5.02 Å². The van der Waals surface area contributed by atoms with Gasteiger partial charge in [-0.3, -0.25) is 14.7 Å². The van der Waals surface area contributed by atoms with Crippen molar-refractivity contribution in [3.8, 4) is 5.75 Å². The van der Waals surface area contributed by atoms with Crippen LogP contribution in [0.3, 0.4) is 0 Å². The molecule has 6 nitrogen and oxygen atoms in total. The number of rotatable bonds is 10. The summed E-state index contributed by atoms with van der Waals surface area (Å²) in [5, 5.41) is 0.622. The minimum atomic E-state index is 0.0887. The van der Waals surface area contributed by atoms with Crippen LogP contribution >= 0.6 is 11.6 Å². The molecule has 0 spiro atoms. The molecule has 3 rings (SSSR count). The maximum Gasteiger partial charge on any atom is 0.226 e. The van der Waals surface area contributed by atoms with Gasteiger partial charge in [-0.2, -0.15) is 0 Å². The van der Waals surface area contributed by atoms with E-state index in [9.17, 15) is 4.79 Å². The highest BCUT2D eigenvalue weighted by Crippen LogP contribution is 2.17. The number of nitrogens with zero attached hydrogens (tertiary/aromatic N) is 3. The molecular formula is C22H28ClN3O3. The summed E-state index contributed by atoms with van der Waals surface area (Å²) in [5.41, 5.74) is 1.08. The highest BCUT2D eigenvalue weighted by atomic mass is 35.5. The molecule has 0 radical (unpaired) electrons. The Morgan fingerprint density at radius 2 is 2.00 bits per heavy atom. The van der Waals surface area contributed by atoms with E-state index in [1.54, 1.807) is 24.5 Å². The van der Waals surface area contributed by atoms with Gasteiger partial charge >= 0.3 is 0 Å². The molecule has 156 valence electrons. The van der Waals surface area contributed by atoms with Crippen molar-refractivity contribution in [1.29, 1.82) is 0 Å². The quantitative estimate of drug-likeness (QED) is 0.594. The first-order chi connectivity index (χ1) is 14.2. The van der Waals surface area contributed by atoms with E-state index in [1.807, 2.05) is 29.2 Å². The van der Waals surface area contributed by atoms with Crippen molar-refractivity contribution in [2.45, 2.75) is 19.4 Å². The summed E-state index contributed by atoms with van der Waals surface area (Å²) in [6.45, 7) is 6.12. The zero-order valence-electron chi connectivity index (χ0n) is 16.6. The normalized spacial score (nSPS) is 14.5. The van der Waals surface area contributed by atoms with E-state index in [2.05, 4.69) is 9.88 Å². The maximum atomic E-state index is 12.9. The molecule has 1 aromatic heterocycles. The van der Waals surface area contributed by atoms with E-state index in [0.29, 0.717) is 30.3 Å². The van der Waals surface area contributed by atoms with Crippen LogP contribution in [-0.4, -0.2) is 66.7 Å². The molecule has 0 N–H and O–H groups in total. The van der Waals surface area contributed by atoms with Gasteiger partial charge < -0.3 is 14.4 Å². The molecule has 0 atom stereocenters. The average Bonchev–Trinajstić information content (AvgIpc) is 2.74. The van der Waals surface area contributed by atoms with E-state index >= 15 is 0 Å². The Hall–Kier alpha value is -2.15. The fourth-order valence-electron chi connectivity index (χ4n) is 3.28. The van der Waals surface area contributed by atoms with Crippen LogP contribution in [0.4, 0.5) is 0 Å². The topological polar surface area (TPSA) is 54.9 Å². The van der Waals surface area contributed by atoms with Gasteiger partial charge in [0.15, 0.2) is 0 Å². The number of halogens is 1. The Morgan fingerprint density at radius 1 is 1.21 bits per heavy atom. The first-order valence-electron chi connectivity index (χ1n) is 10.1. The Balaban J connectivity index is 1.50. The number of morpholine rings is 1. The predicted octanol–water partition coefficient (Wildman–Crippen LogP) is 3.26. The first kappa shape index (κ1) is 21.6. The Morgan fingerprint density at radius 3 is 2.76 bits per heavy atom. The van der Waals surface area contributed by atoms with Crippen LogP contribution in [0.15, 0.2) is 48.8 Å². The van der Waals surface area contributed by atoms with Crippen LogP contribution in [0.5, 0.6) is 5.75 Å². The Labute approximate surface area is 177 Å². The standard InChI is InChI=1S/C22H28ClN3O3/c23-20-3-1-4-21(17-20)29-14-7-22(27)26(18-19-5-8-24-9-6-19)11-2-10-25-12-15-28-16-13-25/h1,3-6,8-9,17H,2,7,10-16,18H2. The van der Waals surface area contributed by atoms with Crippen molar-refractivity contribution in [3.05, 3.63) is 59.4 Å². The van der Waals surface area contributed by atoms with E-state index in [0.717, 1.165) is 51.4 Å². The van der Waals surface area contributed by atoms with Gasteiger partial charge in [-0.25, -0.2) is 0 Å². The second-order valence-corrected chi connectivity index (χ2v) is 7.47. The van der Waals surface area contributed by atoms with Gasteiger partial charge in [-0.15, -0.1) is 0 Å². The lowest BCUT2D eigenvalue weighted by molar-refractivity contribution is -0.132. The number of aromatic nitrogens is 1. The summed E-state index contributed by atoms with van der Waals surface area (Å²) >= 11 is 5.98. The molecule has 2 aromatic rings. The first-order valence-corrected chi connectivity index (χ1v) is 10.4.